The molecule has 0 spiro atoms. The molecule has 0 aromatic carbocycles. The minimum Gasteiger partial charge on any atom is -0.388 e. The molecule has 2 rings (SSSR count). The Morgan fingerprint density at radius 3 is 2.75 bits per heavy atom. The second kappa shape index (κ2) is 4.39. The van der Waals surface area contributed by atoms with E-state index in [0.717, 1.165) is 11.4 Å². The second-order valence-corrected chi connectivity index (χ2v) is 5.50. The van der Waals surface area contributed by atoms with Crippen LogP contribution in [0.4, 0.5) is 0 Å². The lowest BCUT2D eigenvalue weighted by atomic mass is 10.1. The topological polar surface area (TPSA) is 38.1 Å². The van der Waals surface area contributed by atoms with Gasteiger partial charge in [-0.15, -0.1) is 11.3 Å². The lowest BCUT2D eigenvalue weighted by Crippen LogP contribution is -2.06. The molecule has 16 heavy (non-hydrogen) atoms. The van der Waals surface area contributed by atoms with Crippen molar-refractivity contribution < 1.29 is 5.11 Å². The molecule has 0 fully saturated rings. The van der Waals surface area contributed by atoms with E-state index < -0.39 is 6.10 Å². The number of hydrogen-bond acceptors (Lipinski definition) is 3. The molecule has 0 aliphatic carbocycles. The third-order valence-electron chi connectivity index (χ3n) is 2.74. The highest BCUT2D eigenvalue weighted by molar-refractivity contribution is 7.12. The van der Waals surface area contributed by atoms with Gasteiger partial charge in [-0.3, -0.25) is 0 Å². The van der Waals surface area contributed by atoms with Crippen LogP contribution in [-0.2, 0) is 13.5 Å². The van der Waals surface area contributed by atoms with Gasteiger partial charge < -0.3 is 9.67 Å². The zero-order chi connectivity index (χ0) is 11.7. The lowest BCUT2D eigenvalue weighted by Gasteiger charge is -2.10. The van der Waals surface area contributed by atoms with Gasteiger partial charge >= 0.3 is 0 Å². The maximum atomic E-state index is 10.2. The van der Waals surface area contributed by atoms with Crippen LogP contribution in [0.25, 0.3) is 0 Å². The van der Waals surface area contributed by atoms with E-state index in [4.69, 9.17) is 0 Å². The molecule has 2 heterocycles. The normalized spacial score (nSPS) is 13.0. The van der Waals surface area contributed by atoms with Gasteiger partial charge in [0.2, 0.25) is 0 Å². The summed E-state index contributed by atoms with van der Waals surface area (Å²) in [6.45, 7) is 4.11. The highest BCUT2D eigenvalue weighted by Gasteiger charge is 2.15. The van der Waals surface area contributed by atoms with E-state index in [-0.39, 0.29) is 0 Å². The number of aryl methyl sites for hydroxylation is 3. The van der Waals surface area contributed by atoms with Crippen molar-refractivity contribution in [3.63, 3.8) is 0 Å². The van der Waals surface area contributed by atoms with Crippen LogP contribution < -0.4 is 0 Å². The number of hydrogen-bond donors (Lipinski definition) is 1. The predicted octanol–water partition coefficient (Wildman–Crippen LogP) is 2.37. The summed E-state index contributed by atoms with van der Waals surface area (Å²) in [5.74, 6) is 0.913. The molecule has 0 saturated carbocycles. The van der Waals surface area contributed by atoms with Crippen molar-refractivity contribution in [3.05, 3.63) is 39.6 Å². The first-order valence-corrected chi connectivity index (χ1v) is 6.10. The molecule has 1 unspecified atom stereocenters. The van der Waals surface area contributed by atoms with Crippen molar-refractivity contribution in [3.8, 4) is 0 Å². The van der Waals surface area contributed by atoms with Gasteiger partial charge in [-0.05, 0) is 25.5 Å². The summed E-state index contributed by atoms with van der Waals surface area (Å²) in [5, 5.41) is 10.2. The molecule has 0 aliphatic heterocycles. The maximum absolute atomic E-state index is 10.2. The molecule has 0 amide bonds. The number of imidazole rings is 1. The van der Waals surface area contributed by atoms with Crippen LogP contribution in [0.15, 0.2) is 18.5 Å². The van der Waals surface area contributed by atoms with Crippen molar-refractivity contribution in [2.75, 3.05) is 0 Å². The highest BCUT2D eigenvalue weighted by Crippen LogP contribution is 2.27. The van der Waals surface area contributed by atoms with E-state index in [2.05, 4.69) is 24.9 Å². The van der Waals surface area contributed by atoms with E-state index in [9.17, 15) is 5.11 Å². The molecule has 4 heteroatoms. The Morgan fingerprint density at radius 2 is 2.25 bits per heavy atom. The van der Waals surface area contributed by atoms with Gasteiger partial charge in [0.25, 0.3) is 0 Å². The van der Waals surface area contributed by atoms with E-state index in [1.54, 1.807) is 17.5 Å². The number of aromatic nitrogens is 2. The SMILES string of the molecule is Cc1cc(C(O)Cc2nccn2C)c(C)s1. The van der Waals surface area contributed by atoms with Gasteiger partial charge in [0, 0.05) is 35.6 Å². The molecule has 1 N–H and O–H groups in total. The van der Waals surface area contributed by atoms with Gasteiger partial charge in [0.05, 0.1) is 6.10 Å². The molecule has 3 nitrogen and oxygen atoms in total. The highest BCUT2D eigenvalue weighted by atomic mass is 32.1. The molecular weight excluding hydrogens is 220 g/mol. The van der Waals surface area contributed by atoms with Crippen LogP contribution in [0.2, 0.25) is 0 Å². The standard InChI is InChI=1S/C12H16N2OS/c1-8-6-10(9(2)16-8)11(15)7-12-13-4-5-14(12)3/h4-6,11,15H,7H2,1-3H3. The molecular formula is C12H16N2OS. The van der Waals surface area contributed by atoms with E-state index >= 15 is 0 Å². The van der Waals surface area contributed by atoms with Crippen molar-refractivity contribution in [1.29, 1.82) is 0 Å². The molecule has 86 valence electrons. The first-order valence-electron chi connectivity index (χ1n) is 5.29. The number of thiophene rings is 1. The number of rotatable bonds is 3. The summed E-state index contributed by atoms with van der Waals surface area (Å²) >= 11 is 1.73. The van der Waals surface area contributed by atoms with Gasteiger partial charge in [-0.25, -0.2) is 4.98 Å². The van der Waals surface area contributed by atoms with Gasteiger partial charge in [-0.2, -0.15) is 0 Å². The Balaban J connectivity index is 2.17. The molecule has 0 radical (unpaired) electrons. The average Bonchev–Trinajstić information content (AvgIpc) is 2.74. The fraction of sp³-hybridized carbons (Fsp3) is 0.417. The smallest absolute Gasteiger partial charge is 0.111 e. The first kappa shape index (κ1) is 11.4. The first-order chi connectivity index (χ1) is 7.58. The minimum atomic E-state index is -0.453. The Labute approximate surface area is 99.4 Å². The predicted molar refractivity (Wildman–Crippen MR) is 65.7 cm³/mol. The van der Waals surface area contributed by atoms with Gasteiger partial charge in [0.15, 0.2) is 0 Å². The molecule has 0 aliphatic rings. The zero-order valence-corrected chi connectivity index (χ0v) is 10.6. The van der Waals surface area contributed by atoms with Crippen LogP contribution in [0.1, 0.15) is 27.2 Å². The third kappa shape index (κ3) is 2.18. The Morgan fingerprint density at radius 1 is 1.50 bits per heavy atom. The summed E-state index contributed by atoms with van der Waals surface area (Å²) in [5.41, 5.74) is 1.03. The number of nitrogens with zero attached hydrogens (tertiary/aromatic N) is 2. The Bertz CT molecular complexity index is 487. The van der Waals surface area contributed by atoms with Crippen molar-refractivity contribution in [1.82, 2.24) is 9.55 Å². The van der Waals surface area contributed by atoms with Crippen LogP contribution in [-0.4, -0.2) is 14.7 Å². The Kier molecular flexibility index (Phi) is 3.12. The molecule has 2 aromatic heterocycles. The average molecular weight is 236 g/mol. The second-order valence-electron chi connectivity index (χ2n) is 4.04. The molecule has 1 atom stereocenters. The summed E-state index contributed by atoms with van der Waals surface area (Å²) in [6.07, 6.45) is 3.77. The minimum absolute atomic E-state index is 0.453. The summed E-state index contributed by atoms with van der Waals surface area (Å²) in [4.78, 5) is 6.66. The maximum Gasteiger partial charge on any atom is 0.111 e. The van der Waals surface area contributed by atoms with Crippen LogP contribution in [0.3, 0.4) is 0 Å². The van der Waals surface area contributed by atoms with Crippen LogP contribution >= 0.6 is 11.3 Å². The fourth-order valence-corrected chi connectivity index (χ4v) is 2.84. The van der Waals surface area contributed by atoms with Crippen LogP contribution in [0.5, 0.6) is 0 Å². The van der Waals surface area contributed by atoms with Crippen molar-refractivity contribution in [2.45, 2.75) is 26.4 Å². The van der Waals surface area contributed by atoms with E-state index in [1.165, 1.54) is 9.75 Å². The monoisotopic (exact) mass is 236 g/mol. The fourth-order valence-electron chi connectivity index (χ4n) is 1.86. The molecule has 0 bridgehead atoms. The lowest BCUT2D eigenvalue weighted by molar-refractivity contribution is 0.174. The van der Waals surface area contributed by atoms with Crippen molar-refractivity contribution in [2.24, 2.45) is 7.05 Å². The Hall–Kier alpha value is -1.13. The molecule has 0 saturated heterocycles. The summed E-state index contributed by atoms with van der Waals surface area (Å²) < 4.78 is 1.94. The van der Waals surface area contributed by atoms with Crippen LogP contribution in [0, 0.1) is 13.8 Å². The van der Waals surface area contributed by atoms with E-state index in [0.29, 0.717) is 6.42 Å². The zero-order valence-electron chi connectivity index (χ0n) is 9.77. The quantitative estimate of drug-likeness (QED) is 0.888. The van der Waals surface area contributed by atoms with Crippen molar-refractivity contribution >= 4 is 11.3 Å². The van der Waals surface area contributed by atoms with Gasteiger partial charge in [-0.1, -0.05) is 0 Å². The largest absolute Gasteiger partial charge is 0.388 e. The van der Waals surface area contributed by atoms with E-state index in [1.807, 2.05) is 17.8 Å². The number of aliphatic hydroxyl groups excluding tert-OH is 1. The summed E-state index contributed by atoms with van der Waals surface area (Å²) in [6, 6.07) is 2.06. The number of aliphatic hydroxyl groups is 1. The summed E-state index contributed by atoms with van der Waals surface area (Å²) in [7, 11) is 1.95. The molecule has 2 aromatic rings. The van der Waals surface area contributed by atoms with Gasteiger partial charge in [0.1, 0.15) is 5.82 Å². The third-order valence-corrected chi connectivity index (χ3v) is 3.72.